The molecule has 0 fully saturated rings. The van der Waals surface area contributed by atoms with Crippen LogP contribution in [0.4, 0.5) is 17.1 Å². The average molecular weight is 624 g/mol. The van der Waals surface area contributed by atoms with Crippen molar-refractivity contribution in [2.45, 2.75) is 0 Å². The quantitative estimate of drug-likeness (QED) is 0.194. The summed E-state index contributed by atoms with van der Waals surface area (Å²) >= 11 is 3.74. The maximum Gasteiger partial charge on any atom is 0.136 e. The van der Waals surface area contributed by atoms with Crippen LogP contribution in [0.5, 0.6) is 0 Å². The van der Waals surface area contributed by atoms with Crippen molar-refractivity contribution in [2.24, 2.45) is 0 Å². The van der Waals surface area contributed by atoms with Gasteiger partial charge in [0.25, 0.3) is 0 Å². The van der Waals surface area contributed by atoms with Crippen LogP contribution in [0.2, 0.25) is 0 Å². The number of fused-ring (bicyclic) bond motifs is 9. The summed E-state index contributed by atoms with van der Waals surface area (Å²) in [5.41, 5.74) is 7.65. The first-order chi connectivity index (χ1) is 22.8. The first kappa shape index (κ1) is 25.9. The highest BCUT2D eigenvalue weighted by Gasteiger charge is 2.21. The topological polar surface area (TPSA) is 16.4 Å². The number of benzene rings is 7. The molecular weight excluding hydrogens is 599 g/mol. The fourth-order valence-electron chi connectivity index (χ4n) is 6.93. The molecule has 3 heterocycles. The van der Waals surface area contributed by atoms with Crippen LogP contribution in [0.15, 0.2) is 156 Å². The number of hydrogen-bond acceptors (Lipinski definition) is 4. The molecule has 0 N–H and O–H groups in total. The maximum absolute atomic E-state index is 6.22. The maximum atomic E-state index is 6.22. The van der Waals surface area contributed by atoms with E-state index in [4.69, 9.17) is 4.42 Å². The number of nitrogens with zero attached hydrogens (tertiary/aromatic N) is 1. The summed E-state index contributed by atoms with van der Waals surface area (Å²) in [4.78, 5) is 2.46. The summed E-state index contributed by atoms with van der Waals surface area (Å²) in [6.07, 6.45) is 0. The highest BCUT2D eigenvalue weighted by molar-refractivity contribution is 7.27. The van der Waals surface area contributed by atoms with Crippen molar-refractivity contribution in [3.63, 3.8) is 0 Å². The molecule has 0 amide bonds. The molecule has 0 aliphatic heterocycles. The standard InChI is InChI=1S/C42H25NOS2/c1-4-16-37-29(9-1)30-24-21-27(25-38(30)44-37)26-19-22-28(23-20-26)43(35-14-7-12-33-31-10-2-5-17-39(31)45-41(33)35)36-15-8-13-34-32-11-3-6-18-40(32)46-42(34)36/h1-25H. The lowest BCUT2D eigenvalue weighted by atomic mass is 10.0. The van der Waals surface area contributed by atoms with Gasteiger partial charge in [0, 0.05) is 47.4 Å². The lowest BCUT2D eigenvalue weighted by molar-refractivity contribution is 0.669. The van der Waals surface area contributed by atoms with Crippen molar-refractivity contribution in [3.05, 3.63) is 152 Å². The van der Waals surface area contributed by atoms with E-state index in [1.807, 2.05) is 34.8 Å². The summed E-state index contributed by atoms with van der Waals surface area (Å²) < 4.78 is 11.4. The van der Waals surface area contributed by atoms with E-state index in [-0.39, 0.29) is 0 Å². The third kappa shape index (κ3) is 3.87. The Morgan fingerprint density at radius 2 is 0.913 bits per heavy atom. The van der Waals surface area contributed by atoms with Crippen LogP contribution in [0.1, 0.15) is 0 Å². The van der Waals surface area contributed by atoms with Gasteiger partial charge in [-0.1, -0.05) is 97.1 Å². The second kappa shape index (κ2) is 10.0. The molecule has 0 bridgehead atoms. The lowest BCUT2D eigenvalue weighted by Gasteiger charge is -2.27. The molecule has 0 radical (unpaired) electrons. The largest absolute Gasteiger partial charge is 0.456 e. The van der Waals surface area contributed by atoms with Crippen LogP contribution in [0.25, 0.3) is 73.4 Å². The second-order valence-corrected chi connectivity index (χ2v) is 13.8. The number of furan rings is 1. The molecule has 10 aromatic rings. The van der Waals surface area contributed by atoms with Crippen LogP contribution in [-0.4, -0.2) is 0 Å². The molecule has 0 saturated heterocycles. The van der Waals surface area contributed by atoms with E-state index in [0.29, 0.717) is 0 Å². The first-order valence-corrected chi connectivity index (χ1v) is 17.1. The average Bonchev–Trinajstić information content (AvgIpc) is 3.80. The van der Waals surface area contributed by atoms with Crippen LogP contribution in [0, 0.1) is 0 Å². The predicted octanol–water partition coefficient (Wildman–Crippen LogP) is 13.5. The Kier molecular flexibility index (Phi) is 5.65. The van der Waals surface area contributed by atoms with Crippen LogP contribution in [0.3, 0.4) is 0 Å². The van der Waals surface area contributed by atoms with Crippen molar-refractivity contribution in [3.8, 4) is 11.1 Å². The van der Waals surface area contributed by atoms with Gasteiger partial charge in [0.1, 0.15) is 11.2 Å². The Morgan fingerprint density at radius 1 is 0.391 bits per heavy atom. The van der Waals surface area contributed by atoms with Gasteiger partial charge in [-0.3, -0.25) is 0 Å². The van der Waals surface area contributed by atoms with Crippen molar-refractivity contribution in [2.75, 3.05) is 4.90 Å². The van der Waals surface area contributed by atoms with Gasteiger partial charge < -0.3 is 9.32 Å². The third-order valence-electron chi connectivity index (χ3n) is 9.09. The fourth-order valence-corrected chi connectivity index (χ4v) is 9.35. The Labute approximate surface area is 273 Å². The molecule has 0 atom stereocenters. The molecule has 10 rings (SSSR count). The number of anilines is 3. The van der Waals surface area contributed by atoms with Gasteiger partial charge in [-0.2, -0.15) is 0 Å². The van der Waals surface area contributed by atoms with Crippen LogP contribution in [-0.2, 0) is 0 Å². The SMILES string of the molecule is c1ccc2c(c1)oc1cc(-c3ccc(N(c4cccc5c4sc4ccccc45)c4cccc5c4sc4ccccc45)cc3)ccc12. The second-order valence-electron chi connectivity index (χ2n) is 11.7. The Morgan fingerprint density at radius 3 is 1.57 bits per heavy atom. The molecule has 0 aliphatic carbocycles. The van der Waals surface area contributed by atoms with E-state index in [9.17, 15) is 0 Å². The minimum atomic E-state index is 0.914. The van der Waals surface area contributed by atoms with Gasteiger partial charge in [0.15, 0.2) is 0 Å². The molecule has 0 spiro atoms. The fraction of sp³-hybridized carbons (Fsp3) is 0. The summed E-state index contributed by atoms with van der Waals surface area (Å²) in [6.45, 7) is 0. The number of rotatable bonds is 4. The Hall–Kier alpha value is -5.42. The summed E-state index contributed by atoms with van der Waals surface area (Å²) in [5, 5.41) is 7.50. The smallest absolute Gasteiger partial charge is 0.136 e. The summed E-state index contributed by atoms with van der Waals surface area (Å²) in [6, 6.07) is 54.7. The van der Waals surface area contributed by atoms with Crippen LogP contribution >= 0.6 is 22.7 Å². The molecule has 4 heteroatoms. The minimum Gasteiger partial charge on any atom is -0.456 e. The molecular formula is C42H25NOS2. The highest BCUT2D eigenvalue weighted by Crippen LogP contribution is 2.49. The van der Waals surface area contributed by atoms with Gasteiger partial charge in [-0.15, -0.1) is 22.7 Å². The lowest BCUT2D eigenvalue weighted by Crippen LogP contribution is -2.10. The molecule has 216 valence electrons. The molecule has 7 aromatic carbocycles. The zero-order valence-corrected chi connectivity index (χ0v) is 26.2. The van der Waals surface area contributed by atoms with Crippen molar-refractivity contribution >= 4 is 102 Å². The molecule has 0 aliphatic rings. The number of hydrogen-bond donors (Lipinski definition) is 0. The van der Waals surface area contributed by atoms with Crippen molar-refractivity contribution in [1.29, 1.82) is 0 Å². The molecule has 3 aromatic heterocycles. The molecule has 0 unspecified atom stereocenters. The predicted molar refractivity (Wildman–Crippen MR) is 200 cm³/mol. The Balaban J connectivity index is 1.17. The van der Waals surface area contributed by atoms with E-state index in [0.717, 1.165) is 38.8 Å². The zero-order chi connectivity index (χ0) is 30.2. The van der Waals surface area contributed by atoms with E-state index < -0.39 is 0 Å². The molecule has 2 nitrogen and oxygen atoms in total. The first-order valence-electron chi connectivity index (χ1n) is 15.4. The highest BCUT2D eigenvalue weighted by atomic mass is 32.1. The van der Waals surface area contributed by atoms with Gasteiger partial charge in [0.05, 0.1) is 20.8 Å². The number of para-hydroxylation sites is 1. The van der Waals surface area contributed by atoms with E-state index in [1.54, 1.807) is 0 Å². The zero-order valence-electron chi connectivity index (χ0n) is 24.6. The molecule has 46 heavy (non-hydrogen) atoms. The van der Waals surface area contributed by atoms with E-state index >= 15 is 0 Å². The van der Waals surface area contributed by atoms with Crippen molar-refractivity contribution in [1.82, 2.24) is 0 Å². The van der Waals surface area contributed by atoms with Crippen molar-refractivity contribution < 1.29 is 4.42 Å². The molecule has 0 saturated carbocycles. The number of thiophene rings is 2. The summed E-state index contributed by atoms with van der Waals surface area (Å²) in [7, 11) is 0. The van der Waals surface area contributed by atoms with Gasteiger partial charge in [-0.05, 0) is 65.7 Å². The van der Waals surface area contributed by atoms with E-state index in [1.165, 1.54) is 51.7 Å². The third-order valence-corrected chi connectivity index (χ3v) is 11.5. The van der Waals surface area contributed by atoms with Crippen LogP contribution < -0.4 is 4.90 Å². The minimum absolute atomic E-state index is 0.914. The monoisotopic (exact) mass is 623 g/mol. The van der Waals surface area contributed by atoms with Gasteiger partial charge in [0.2, 0.25) is 0 Å². The normalized spacial score (nSPS) is 11.9. The van der Waals surface area contributed by atoms with E-state index in [2.05, 4.69) is 144 Å². The Bertz CT molecular complexity index is 2650. The van der Waals surface area contributed by atoms with Gasteiger partial charge >= 0.3 is 0 Å². The van der Waals surface area contributed by atoms with Gasteiger partial charge in [-0.25, -0.2) is 0 Å². The summed E-state index contributed by atoms with van der Waals surface area (Å²) in [5.74, 6) is 0.